The second-order valence-corrected chi connectivity index (χ2v) is 14.3. The molecule has 0 unspecified atom stereocenters. The van der Waals surface area contributed by atoms with E-state index in [0.717, 1.165) is 46.1 Å². The number of aryl methyl sites for hydroxylation is 1. The van der Waals surface area contributed by atoms with E-state index in [1.54, 1.807) is 11.3 Å². The van der Waals surface area contributed by atoms with Gasteiger partial charge in [0.25, 0.3) is 0 Å². The number of fused-ring (bicyclic) bond motifs is 1. The van der Waals surface area contributed by atoms with E-state index in [1.165, 1.54) is 0 Å². The molecule has 0 fully saturated rings. The van der Waals surface area contributed by atoms with Gasteiger partial charge in [-0.25, -0.2) is 9.67 Å². The molecule has 2 heterocycles. The van der Waals surface area contributed by atoms with Crippen LogP contribution in [0.15, 0.2) is 23.7 Å². The number of nitrogens with zero attached hydrogens (tertiary/aromatic N) is 3. The van der Waals surface area contributed by atoms with Crippen molar-refractivity contribution in [3.05, 3.63) is 45.5 Å². The molecule has 0 aliphatic carbocycles. The van der Waals surface area contributed by atoms with Gasteiger partial charge in [-0.15, -0.1) is 11.3 Å². The van der Waals surface area contributed by atoms with Crippen LogP contribution < -0.4 is 0 Å². The topological polar surface area (TPSA) is 57.0 Å². The van der Waals surface area contributed by atoms with Crippen LogP contribution in [0, 0.1) is 6.92 Å². The zero-order valence-corrected chi connectivity index (χ0v) is 18.0. The van der Waals surface area contributed by atoms with Crippen LogP contribution in [0.25, 0.3) is 23.1 Å². The average Bonchev–Trinajstić information content (AvgIpc) is 3.19. The summed E-state index contributed by atoms with van der Waals surface area (Å²) in [5.74, 6) is 0. The molecule has 0 aliphatic heterocycles. The number of ether oxygens (including phenoxy) is 1. The summed E-state index contributed by atoms with van der Waals surface area (Å²) < 4.78 is 7.71. The molecule has 0 spiro atoms. The van der Waals surface area contributed by atoms with Gasteiger partial charge in [-0.1, -0.05) is 25.7 Å². The third kappa shape index (κ3) is 5.00. The number of hydrogen-bond donors (Lipinski definition) is 0. The lowest BCUT2D eigenvalue weighted by molar-refractivity contribution is 0.0816. The van der Waals surface area contributed by atoms with Crippen molar-refractivity contribution in [3.8, 4) is 0 Å². The maximum absolute atomic E-state index is 11.2. The van der Waals surface area contributed by atoms with E-state index in [2.05, 4.69) is 24.6 Å². The molecule has 0 atom stereocenters. The molecule has 7 heteroatoms. The highest BCUT2D eigenvalue weighted by atomic mass is 32.1. The fourth-order valence-electron chi connectivity index (χ4n) is 2.67. The Morgan fingerprint density at radius 3 is 2.74 bits per heavy atom. The van der Waals surface area contributed by atoms with Crippen LogP contribution in [0.2, 0.25) is 25.7 Å². The van der Waals surface area contributed by atoms with E-state index in [9.17, 15) is 4.79 Å². The predicted octanol–water partition coefficient (Wildman–Crippen LogP) is 5.10. The number of rotatable bonds is 8. The Bertz CT molecular complexity index is 969. The zero-order chi connectivity index (χ0) is 19.4. The van der Waals surface area contributed by atoms with Crippen molar-refractivity contribution in [1.82, 2.24) is 14.8 Å². The molecule has 0 aliphatic rings. The third-order valence-electron chi connectivity index (χ3n) is 4.33. The monoisotopic (exact) mass is 399 g/mol. The van der Waals surface area contributed by atoms with Crippen molar-refractivity contribution in [1.29, 1.82) is 0 Å². The van der Waals surface area contributed by atoms with Gasteiger partial charge in [0.1, 0.15) is 13.0 Å². The van der Waals surface area contributed by atoms with Gasteiger partial charge < -0.3 is 4.74 Å². The van der Waals surface area contributed by atoms with E-state index in [-0.39, 0.29) is 0 Å². The molecule has 0 bridgehead atoms. The second kappa shape index (κ2) is 8.29. The lowest BCUT2D eigenvalue weighted by Gasteiger charge is -2.15. The summed E-state index contributed by atoms with van der Waals surface area (Å²) in [6.45, 7) is 10.1. The second-order valence-electron chi connectivity index (χ2n) is 7.76. The lowest BCUT2D eigenvalue weighted by atomic mass is 10.1. The summed E-state index contributed by atoms with van der Waals surface area (Å²) in [6, 6.07) is 6.75. The zero-order valence-electron chi connectivity index (χ0n) is 16.2. The molecule has 0 saturated heterocycles. The number of aldehydes is 1. The molecular weight excluding hydrogens is 374 g/mol. The molecule has 5 nitrogen and oxygen atoms in total. The summed E-state index contributed by atoms with van der Waals surface area (Å²) in [4.78, 5) is 16.6. The molecule has 3 aromatic rings. The largest absolute Gasteiger partial charge is 0.360 e. The first-order valence-corrected chi connectivity index (χ1v) is 13.6. The predicted molar refractivity (Wildman–Crippen MR) is 115 cm³/mol. The summed E-state index contributed by atoms with van der Waals surface area (Å²) in [6.07, 6.45) is 4.90. The van der Waals surface area contributed by atoms with Crippen molar-refractivity contribution in [2.45, 2.75) is 39.3 Å². The van der Waals surface area contributed by atoms with Crippen LogP contribution in [-0.2, 0) is 11.5 Å². The van der Waals surface area contributed by atoms with E-state index in [4.69, 9.17) is 9.84 Å². The van der Waals surface area contributed by atoms with Crippen LogP contribution in [0.3, 0.4) is 0 Å². The van der Waals surface area contributed by atoms with Gasteiger partial charge in [-0.05, 0) is 37.3 Å². The molecule has 1 aromatic carbocycles. The highest BCUT2D eigenvalue weighted by molar-refractivity contribution is 7.10. The summed E-state index contributed by atoms with van der Waals surface area (Å²) in [5, 5.41) is 5.72. The lowest BCUT2D eigenvalue weighted by Crippen LogP contribution is -2.22. The first-order chi connectivity index (χ1) is 12.9. The summed E-state index contributed by atoms with van der Waals surface area (Å²) >= 11 is 1.61. The van der Waals surface area contributed by atoms with Crippen molar-refractivity contribution in [3.63, 3.8) is 0 Å². The van der Waals surface area contributed by atoms with E-state index >= 15 is 0 Å². The molecule has 2 aromatic heterocycles. The Labute approximate surface area is 164 Å². The van der Waals surface area contributed by atoms with E-state index in [0.29, 0.717) is 12.3 Å². The molecule has 0 saturated carbocycles. The number of thiazole rings is 1. The molecule has 0 amide bonds. The van der Waals surface area contributed by atoms with Crippen LogP contribution >= 0.6 is 11.3 Å². The average molecular weight is 400 g/mol. The van der Waals surface area contributed by atoms with E-state index in [1.807, 2.05) is 47.5 Å². The first kappa shape index (κ1) is 19.7. The number of carbonyl (C=O) groups excluding carboxylic acids is 1. The van der Waals surface area contributed by atoms with Gasteiger partial charge in [-0.3, -0.25) is 4.79 Å². The molecule has 3 rings (SSSR count). The molecule has 0 radical (unpaired) electrons. The van der Waals surface area contributed by atoms with Gasteiger partial charge in [0.05, 0.1) is 22.4 Å². The normalized spacial score (nSPS) is 12.3. The minimum absolute atomic E-state index is 0.386. The molecular formula is C20H25N3O2SSi. The van der Waals surface area contributed by atoms with Gasteiger partial charge >= 0.3 is 0 Å². The fraction of sp³-hybridized carbons (Fsp3) is 0.350. The van der Waals surface area contributed by atoms with Crippen molar-refractivity contribution >= 4 is 48.8 Å². The number of hydrogen-bond acceptors (Lipinski definition) is 5. The maximum atomic E-state index is 11.2. The van der Waals surface area contributed by atoms with E-state index < -0.39 is 8.07 Å². The van der Waals surface area contributed by atoms with Gasteiger partial charge in [0, 0.05) is 30.5 Å². The Hall–Kier alpha value is -2.09. The SMILES string of the molecule is Cc1ncsc1C=Cc1nn(COCC[Si](C)(C)C)c2cc(C=O)ccc12. The summed E-state index contributed by atoms with van der Waals surface area (Å²) in [7, 11) is -1.12. The highest BCUT2D eigenvalue weighted by Crippen LogP contribution is 2.23. The van der Waals surface area contributed by atoms with Crippen molar-refractivity contribution in [2.75, 3.05) is 6.61 Å². The third-order valence-corrected chi connectivity index (χ3v) is 6.93. The van der Waals surface area contributed by atoms with Crippen LogP contribution in [0.1, 0.15) is 26.6 Å². The molecule has 142 valence electrons. The van der Waals surface area contributed by atoms with Crippen molar-refractivity contribution < 1.29 is 9.53 Å². The fourth-order valence-corrected chi connectivity index (χ4v) is 4.12. The Kier molecular flexibility index (Phi) is 6.03. The standard InChI is InChI=1S/C20H25N3O2SSi/c1-15-20(26-13-21-15)8-7-18-17-6-5-16(12-24)11-19(17)23(22-18)14-25-9-10-27(2,3)4/h5-8,11-13H,9-10,14H2,1-4H3. The van der Waals surface area contributed by atoms with Crippen LogP contribution in [0.4, 0.5) is 0 Å². The van der Waals surface area contributed by atoms with Crippen molar-refractivity contribution in [2.24, 2.45) is 0 Å². The smallest absolute Gasteiger partial charge is 0.150 e. The molecule has 27 heavy (non-hydrogen) atoms. The number of aromatic nitrogens is 3. The van der Waals surface area contributed by atoms with Gasteiger partial charge in [0.2, 0.25) is 0 Å². The van der Waals surface area contributed by atoms with Gasteiger partial charge in [-0.2, -0.15) is 5.10 Å². The number of carbonyl (C=O) groups is 1. The Balaban J connectivity index is 1.87. The Morgan fingerprint density at radius 2 is 2.07 bits per heavy atom. The molecule has 0 N–H and O–H groups in total. The number of benzene rings is 1. The maximum Gasteiger partial charge on any atom is 0.150 e. The van der Waals surface area contributed by atoms with Gasteiger partial charge in [0.15, 0.2) is 0 Å². The Morgan fingerprint density at radius 1 is 1.26 bits per heavy atom. The van der Waals surface area contributed by atoms with Crippen LogP contribution in [0.5, 0.6) is 0 Å². The minimum atomic E-state index is -1.12. The van der Waals surface area contributed by atoms with Crippen LogP contribution in [-0.4, -0.2) is 35.7 Å². The first-order valence-electron chi connectivity index (χ1n) is 8.99. The quantitative estimate of drug-likeness (QED) is 0.300. The summed E-state index contributed by atoms with van der Waals surface area (Å²) in [5.41, 5.74) is 5.27. The minimum Gasteiger partial charge on any atom is -0.360 e. The highest BCUT2D eigenvalue weighted by Gasteiger charge is 2.13.